The third kappa shape index (κ3) is 18.7. The van der Waals surface area contributed by atoms with Crippen LogP contribution in [0.25, 0.3) is 0 Å². The van der Waals surface area contributed by atoms with Crippen molar-refractivity contribution in [2.45, 2.75) is 18.6 Å². The summed E-state index contributed by atoms with van der Waals surface area (Å²) in [5.41, 5.74) is 0. The lowest BCUT2D eigenvalue weighted by Crippen LogP contribution is -2.48. The van der Waals surface area contributed by atoms with Crippen molar-refractivity contribution in [3.63, 3.8) is 0 Å². The molecule has 1 atom stereocenters. The molecule has 0 aromatic heterocycles. The second-order valence-electron chi connectivity index (χ2n) is 7.18. The maximum Gasteiger partial charge on any atom is 0.501 e. The summed E-state index contributed by atoms with van der Waals surface area (Å²) in [5, 5.41) is 0. The van der Waals surface area contributed by atoms with E-state index >= 15 is 0 Å². The first-order chi connectivity index (χ1) is 16.3. The van der Waals surface area contributed by atoms with Crippen LogP contribution in [0.3, 0.4) is 0 Å². The number of methoxy groups -OCH3 is 3. The fourth-order valence-corrected chi connectivity index (χ4v) is 5.06. The van der Waals surface area contributed by atoms with Gasteiger partial charge in [-0.2, -0.15) is 0 Å². The molecule has 1 fully saturated rings. The molecule has 1 aliphatic heterocycles. The molecular formula is C21H44O11Si. The van der Waals surface area contributed by atoms with Crippen molar-refractivity contribution in [1.82, 2.24) is 0 Å². The Bertz CT molecular complexity index is 375. The van der Waals surface area contributed by atoms with E-state index in [4.69, 9.17) is 51.2 Å². The monoisotopic (exact) mass is 500 g/mol. The maximum absolute atomic E-state index is 6.19. The number of hydrogen-bond acceptors (Lipinski definition) is 11. The zero-order chi connectivity index (χ0) is 23.9. The summed E-state index contributed by atoms with van der Waals surface area (Å²) in [5.74, 6) is 0. The average Bonchev–Trinajstić information content (AvgIpc) is 3.65. The molecule has 1 unspecified atom stereocenters. The summed E-state index contributed by atoms with van der Waals surface area (Å²) in [6.07, 6.45) is 0.993. The Kier molecular flexibility index (Phi) is 20.8. The second kappa shape index (κ2) is 22.3. The van der Waals surface area contributed by atoms with Crippen LogP contribution in [0.2, 0.25) is 6.04 Å². The summed E-state index contributed by atoms with van der Waals surface area (Å²) in [7, 11) is 1.91. The Hall–Kier alpha value is -0.223. The Morgan fingerprint density at radius 1 is 0.576 bits per heavy atom. The van der Waals surface area contributed by atoms with Crippen LogP contribution in [0, 0.1) is 0 Å². The first-order valence-electron chi connectivity index (χ1n) is 11.6. The Balaban J connectivity index is 2.52. The zero-order valence-electron chi connectivity index (χ0n) is 20.6. The Morgan fingerprint density at radius 3 is 1.39 bits per heavy atom. The molecule has 0 saturated carbocycles. The van der Waals surface area contributed by atoms with Crippen molar-refractivity contribution in [1.29, 1.82) is 0 Å². The van der Waals surface area contributed by atoms with Gasteiger partial charge in [-0.15, -0.1) is 0 Å². The van der Waals surface area contributed by atoms with Crippen LogP contribution in [-0.2, 0) is 51.2 Å². The molecule has 0 bridgehead atoms. The fourth-order valence-electron chi connectivity index (χ4n) is 2.61. The molecule has 0 aromatic carbocycles. The minimum absolute atomic E-state index is 0.244. The van der Waals surface area contributed by atoms with E-state index < -0.39 is 8.80 Å². The quantitative estimate of drug-likeness (QED) is 0.0907. The number of ether oxygens (including phenoxy) is 8. The van der Waals surface area contributed by atoms with Gasteiger partial charge in [-0.3, -0.25) is 0 Å². The SMILES string of the molecule is COCCOCCO[Si](CCCOCC1CO1)(OCCOCCOC)OCCOCCOC. The van der Waals surface area contributed by atoms with Crippen LogP contribution in [0.1, 0.15) is 6.42 Å². The van der Waals surface area contributed by atoms with Gasteiger partial charge in [0.25, 0.3) is 0 Å². The van der Waals surface area contributed by atoms with E-state index in [9.17, 15) is 0 Å². The minimum atomic E-state index is -3.01. The van der Waals surface area contributed by atoms with Gasteiger partial charge in [0.1, 0.15) is 6.10 Å². The molecule has 1 heterocycles. The van der Waals surface area contributed by atoms with Gasteiger partial charge < -0.3 is 51.2 Å². The summed E-state index contributed by atoms with van der Waals surface area (Å²) >= 11 is 0. The van der Waals surface area contributed by atoms with E-state index in [-0.39, 0.29) is 6.10 Å². The highest BCUT2D eigenvalue weighted by molar-refractivity contribution is 6.60. The molecule has 0 radical (unpaired) electrons. The van der Waals surface area contributed by atoms with Crippen LogP contribution < -0.4 is 0 Å². The van der Waals surface area contributed by atoms with E-state index in [1.54, 1.807) is 21.3 Å². The largest absolute Gasteiger partial charge is 0.501 e. The van der Waals surface area contributed by atoms with Gasteiger partial charge in [0.05, 0.1) is 92.5 Å². The first-order valence-corrected chi connectivity index (χ1v) is 13.5. The topological polar surface area (TPSA) is 105 Å². The highest BCUT2D eigenvalue weighted by Gasteiger charge is 2.41. The predicted molar refractivity (Wildman–Crippen MR) is 122 cm³/mol. The molecule has 12 heteroatoms. The predicted octanol–water partition coefficient (Wildman–Crippen LogP) is 0.770. The molecule has 33 heavy (non-hydrogen) atoms. The van der Waals surface area contributed by atoms with Gasteiger partial charge in [0.2, 0.25) is 0 Å². The van der Waals surface area contributed by atoms with E-state index in [0.29, 0.717) is 98.5 Å². The van der Waals surface area contributed by atoms with Crippen LogP contribution in [-0.4, -0.2) is 135 Å². The molecule has 1 saturated heterocycles. The van der Waals surface area contributed by atoms with Gasteiger partial charge in [-0.25, -0.2) is 0 Å². The van der Waals surface area contributed by atoms with E-state index in [0.717, 1.165) is 13.0 Å². The molecule has 0 spiro atoms. The first kappa shape index (κ1) is 30.8. The standard InChI is InChI=1S/C21H44O11Si/c1-22-6-9-25-12-15-30-33(31-16-13-26-10-7-23-2,32-17-14-27-11-8-24-3)18-4-5-28-19-21-20-29-21/h21H,4-20H2,1-3H3. The van der Waals surface area contributed by atoms with Crippen LogP contribution in [0.4, 0.5) is 0 Å². The second-order valence-corrected chi connectivity index (χ2v) is 9.91. The molecular weight excluding hydrogens is 456 g/mol. The average molecular weight is 501 g/mol. The minimum Gasteiger partial charge on any atom is -0.382 e. The van der Waals surface area contributed by atoms with Crippen LogP contribution in [0.5, 0.6) is 0 Å². The van der Waals surface area contributed by atoms with Crippen molar-refractivity contribution < 1.29 is 51.2 Å². The van der Waals surface area contributed by atoms with Crippen molar-refractivity contribution in [3.8, 4) is 0 Å². The molecule has 0 N–H and O–H groups in total. The molecule has 0 aliphatic carbocycles. The van der Waals surface area contributed by atoms with Gasteiger partial charge in [0, 0.05) is 34.0 Å². The third-order valence-corrected chi connectivity index (χ3v) is 7.32. The molecule has 11 nitrogen and oxygen atoms in total. The van der Waals surface area contributed by atoms with Crippen LogP contribution >= 0.6 is 0 Å². The van der Waals surface area contributed by atoms with E-state index in [2.05, 4.69) is 0 Å². The van der Waals surface area contributed by atoms with E-state index in [1.807, 2.05) is 0 Å². The van der Waals surface area contributed by atoms with Crippen molar-refractivity contribution >= 4 is 8.80 Å². The zero-order valence-corrected chi connectivity index (χ0v) is 21.6. The summed E-state index contributed by atoms with van der Waals surface area (Å²) < 4.78 is 61.0. The normalized spacial score (nSPS) is 15.9. The lowest BCUT2D eigenvalue weighted by molar-refractivity contribution is -0.0121. The molecule has 198 valence electrons. The smallest absolute Gasteiger partial charge is 0.382 e. The lowest BCUT2D eigenvalue weighted by atomic mass is 10.5. The van der Waals surface area contributed by atoms with Crippen molar-refractivity contribution in [2.75, 3.05) is 120 Å². The molecule has 1 aliphatic rings. The fraction of sp³-hybridized carbons (Fsp3) is 1.00. The molecule has 0 aromatic rings. The van der Waals surface area contributed by atoms with Crippen molar-refractivity contribution in [3.05, 3.63) is 0 Å². The highest BCUT2D eigenvalue weighted by Crippen LogP contribution is 2.19. The van der Waals surface area contributed by atoms with E-state index in [1.165, 1.54) is 0 Å². The third-order valence-electron chi connectivity index (χ3n) is 4.42. The van der Waals surface area contributed by atoms with Gasteiger partial charge >= 0.3 is 8.80 Å². The molecule has 1 rings (SSSR count). The van der Waals surface area contributed by atoms with Crippen LogP contribution in [0.15, 0.2) is 0 Å². The Labute approximate surface area is 199 Å². The number of rotatable bonds is 27. The summed E-state index contributed by atoms with van der Waals surface area (Å²) in [6.45, 7) is 7.48. The Morgan fingerprint density at radius 2 is 1.00 bits per heavy atom. The van der Waals surface area contributed by atoms with Crippen molar-refractivity contribution in [2.24, 2.45) is 0 Å². The van der Waals surface area contributed by atoms with Gasteiger partial charge in [-0.1, -0.05) is 0 Å². The summed E-state index contributed by atoms with van der Waals surface area (Å²) in [4.78, 5) is 0. The van der Waals surface area contributed by atoms with Gasteiger partial charge in [0.15, 0.2) is 0 Å². The lowest BCUT2D eigenvalue weighted by Gasteiger charge is -2.30. The highest BCUT2D eigenvalue weighted by atomic mass is 28.4. The number of hydrogen-bond donors (Lipinski definition) is 0. The maximum atomic E-state index is 6.19. The number of epoxide rings is 1. The molecule has 0 amide bonds. The summed E-state index contributed by atoms with van der Waals surface area (Å²) in [6, 6.07) is 0.618. The van der Waals surface area contributed by atoms with Gasteiger partial charge in [-0.05, 0) is 6.42 Å².